The van der Waals surface area contributed by atoms with E-state index in [4.69, 9.17) is 4.52 Å². The molecule has 5 nitrogen and oxygen atoms in total. The second kappa shape index (κ2) is 10.0. The van der Waals surface area contributed by atoms with E-state index in [2.05, 4.69) is 51.1 Å². The summed E-state index contributed by atoms with van der Waals surface area (Å²) in [7, 11) is 0. The van der Waals surface area contributed by atoms with Crippen LogP contribution < -0.4 is 5.32 Å². The Kier molecular flexibility index (Phi) is 6.69. The summed E-state index contributed by atoms with van der Waals surface area (Å²) in [6, 6.07) is 12.7. The number of rotatable bonds is 6. The number of benzene rings is 1. The summed E-state index contributed by atoms with van der Waals surface area (Å²) in [5.41, 5.74) is 4.18. The minimum Gasteiger partial charge on any atom is -0.355 e. The molecule has 1 amide bonds. The number of aryl methyl sites for hydroxylation is 2. The molecule has 1 aliphatic carbocycles. The quantitative estimate of drug-likeness (QED) is 0.530. The standard InChI is InChI=1S/C26H31N3O2S/c30-26(27-18-23(25-10-7-15-32-25)29-13-5-1-2-6-14-29)22-17-24(31-28-22)21-12-11-19-8-3-4-9-20(19)16-21/h7,10-12,15-17,23H,1-6,8-9,13-14,18H2,(H,27,30)/t23-/m0/s1. The van der Waals surface area contributed by atoms with E-state index in [1.54, 1.807) is 17.4 Å². The van der Waals surface area contributed by atoms with E-state index in [-0.39, 0.29) is 11.9 Å². The maximum absolute atomic E-state index is 12.9. The van der Waals surface area contributed by atoms with Crippen molar-refractivity contribution in [3.63, 3.8) is 0 Å². The van der Waals surface area contributed by atoms with E-state index >= 15 is 0 Å². The Balaban J connectivity index is 1.27. The van der Waals surface area contributed by atoms with Gasteiger partial charge in [0.15, 0.2) is 11.5 Å². The van der Waals surface area contributed by atoms with E-state index in [9.17, 15) is 4.79 Å². The number of hydrogen-bond acceptors (Lipinski definition) is 5. The highest BCUT2D eigenvalue weighted by atomic mass is 32.1. The van der Waals surface area contributed by atoms with Gasteiger partial charge in [0.2, 0.25) is 0 Å². The number of fused-ring (bicyclic) bond motifs is 1. The average molecular weight is 450 g/mol. The first kappa shape index (κ1) is 21.4. The number of likely N-dealkylation sites (tertiary alicyclic amines) is 1. The van der Waals surface area contributed by atoms with Crippen LogP contribution in [0, 0.1) is 0 Å². The molecule has 6 heteroatoms. The van der Waals surface area contributed by atoms with Gasteiger partial charge in [0.05, 0.1) is 6.04 Å². The van der Waals surface area contributed by atoms with Crippen LogP contribution in [0.4, 0.5) is 0 Å². The van der Waals surface area contributed by atoms with E-state index < -0.39 is 0 Å². The van der Waals surface area contributed by atoms with Gasteiger partial charge in [-0.15, -0.1) is 11.3 Å². The molecule has 0 unspecified atom stereocenters. The SMILES string of the molecule is O=C(NC[C@@H](c1cccs1)N1CCCCCC1)c1cc(-c2ccc3c(c2)CCCC3)on1. The Labute approximate surface area is 193 Å². The first-order valence-corrected chi connectivity index (χ1v) is 12.8. The summed E-state index contributed by atoms with van der Waals surface area (Å²) in [5.74, 6) is 0.486. The third-order valence-corrected chi connectivity index (χ3v) is 7.76. The zero-order valence-electron chi connectivity index (χ0n) is 18.5. The molecular formula is C26H31N3O2S. The number of amides is 1. The summed E-state index contributed by atoms with van der Waals surface area (Å²) >= 11 is 1.76. The van der Waals surface area contributed by atoms with Crippen molar-refractivity contribution in [3.8, 4) is 11.3 Å². The van der Waals surface area contributed by atoms with Crippen LogP contribution in [0.3, 0.4) is 0 Å². The van der Waals surface area contributed by atoms with Crippen molar-refractivity contribution in [2.75, 3.05) is 19.6 Å². The van der Waals surface area contributed by atoms with Crippen LogP contribution in [0.15, 0.2) is 46.3 Å². The molecule has 1 aliphatic heterocycles. The summed E-state index contributed by atoms with van der Waals surface area (Å²) in [6.07, 6.45) is 9.82. The van der Waals surface area contributed by atoms with Gasteiger partial charge in [0.25, 0.3) is 5.91 Å². The van der Waals surface area contributed by atoms with Crippen molar-refractivity contribution in [1.29, 1.82) is 0 Å². The average Bonchev–Trinajstić information content (AvgIpc) is 3.47. The lowest BCUT2D eigenvalue weighted by Crippen LogP contribution is -2.38. The number of hydrogen-bond donors (Lipinski definition) is 1. The zero-order valence-corrected chi connectivity index (χ0v) is 19.3. The van der Waals surface area contributed by atoms with Crippen molar-refractivity contribution < 1.29 is 9.32 Å². The Morgan fingerprint density at radius 2 is 1.84 bits per heavy atom. The summed E-state index contributed by atoms with van der Waals surface area (Å²) in [5, 5.41) is 9.31. The van der Waals surface area contributed by atoms with Crippen molar-refractivity contribution in [2.45, 2.75) is 57.4 Å². The maximum Gasteiger partial charge on any atom is 0.273 e. The molecule has 0 radical (unpaired) electrons. The second-order valence-corrected chi connectivity index (χ2v) is 9.94. The normalized spacial score (nSPS) is 18.0. The topological polar surface area (TPSA) is 58.4 Å². The van der Waals surface area contributed by atoms with Crippen LogP contribution in [-0.2, 0) is 12.8 Å². The molecule has 5 rings (SSSR count). The molecule has 1 aromatic carbocycles. The Bertz CT molecular complexity index is 1040. The monoisotopic (exact) mass is 449 g/mol. The smallest absolute Gasteiger partial charge is 0.273 e. The largest absolute Gasteiger partial charge is 0.355 e. The third kappa shape index (κ3) is 4.81. The molecular weight excluding hydrogens is 418 g/mol. The van der Waals surface area contributed by atoms with Gasteiger partial charge in [0.1, 0.15) is 0 Å². The van der Waals surface area contributed by atoms with Gasteiger partial charge in [-0.1, -0.05) is 36.2 Å². The van der Waals surface area contributed by atoms with Crippen LogP contribution in [-0.4, -0.2) is 35.6 Å². The lowest BCUT2D eigenvalue weighted by atomic mass is 9.90. The zero-order chi connectivity index (χ0) is 21.8. The first-order chi connectivity index (χ1) is 15.8. The molecule has 0 saturated carbocycles. The van der Waals surface area contributed by atoms with Crippen molar-refractivity contribution >= 4 is 17.2 Å². The fraction of sp³-hybridized carbons (Fsp3) is 0.462. The molecule has 3 heterocycles. The van der Waals surface area contributed by atoms with Gasteiger partial charge in [-0.3, -0.25) is 9.69 Å². The molecule has 1 N–H and O–H groups in total. The van der Waals surface area contributed by atoms with Crippen LogP contribution in [0.5, 0.6) is 0 Å². The fourth-order valence-electron chi connectivity index (χ4n) is 4.98. The molecule has 1 fully saturated rings. The molecule has 2 aliphatic rings. The number of nitrogens with one attached hydrogen (secondary N) is 1. The Hall–Kier alpha value is -2.44. The minimum absolute atomic E-state index is 0.172. The van der Waals surface area contributed by atoms with Gasteiger partial charge < -0.3 is 9.84 Å². The van der Waals surface area contributed by atoms with E-state index in [1.807, 2.05) is 0 Å². The number of aromatic nitrogens is 1. The summed E-state index contributed by atoms with van der Waals surface area (Å²) < 4.78 is 5.56. The van der Waals surface area contributed by atoms with Gasteiger partial charge in [-0.25, -0.2) is 0 Å². The molecule has 168 valence electrons. The number of carbonyl (C=O) groups excluding carboxylic acids is 1. The van der Waals surface area contributed by atoms with E-state index in [0.717, 1.165) is 31.5 Å². The van der Waals surface area contributed by atoms with Crippen LogP contribution >= 0.6 is 11.3 Å². The predicted molar refractivity (Wildman–Crippen MR) is 128 cm³/mol. The summed E-state index contributed by atoms with van der Waals surface area (Å²) in [4.78, 5) is 16.7. The second-order valence-electron chi connectivity index (χ2n) is 8.96. The Morgan fingerprint density at radius 3 is 2.62 bits per heavy atom. The highest BCUT2D eigenvalue weighted by molar-refractivity contribution is 7.10. The molecule has 1 atom stereocenters. The Morgan fingerprint density at radius 1 is 1.03 bits per heavy atom. The highest BCUT2D eigenvalue weighted by Gasteiger charge is 2.24. The molecule has 3 aromatic rings. The number of carbonyl (C=O) groups is 1. The van der Waals surface area contributed by atoms with Crippen molar-refractivity contribution in [1.82, 2.24) is 15.4 Å². The molecule has 2 aromatic heterocycles. The summed E-state index contributed by atoms with van der Waals surface area (Å²) in [6.45, 7) is 2.76. The van der Waals surface area contributed by atoms with Crippen LogP contribution in [0.25, 0.3) is 11.3 Å². The lowest BCUT2D eigenvalue weighted by molar-refractivity contribution is 0.0925. The van der Waals surface area contributed by atoms with Crippen molar-refractivity contribution in [3.05, 3.63) is 63.5 Å². The van der Waals surface area contributed by atoms with Gasteiger partial charge in [-0.2, -0.15) is 0 Å². The maximum atomic E-state index is 12.9. The van der Waals surface area contributed by atoms with Gasteiger partial charge in [-0.05, 0) is 80.3 Å². The number of nitrogens with zero attached hydrogens (tertiary/aromatic N) is 2. The van der Waals surface area contributed by atoms with Crippen molar-refractivity contribution in [2.24, 2.45) is 0 Å². The minimum atomic E-state index is -0.172. The van der Waals surface area contributed by atoms with Gasteiger partial charge in [0, 0.05) is 23.1 Å². The van der Waals surface area contributed by atoms with Gasteiger partial charge >= 0.3 is 0 Å². The molecule has 0 bridgehead atoms. The number of thiophene rings is 1. The molecule has 0 spiro atoms. The van der Waals surface area contributed by atoms with E-state index in [1.165, 1.54) is 54.5 Å². The molecule has 32 heavy (non-hydrogen) atoms. The van der Waals surface area contributed by atoms with Crippen LogP contribution in [0.2, 0.25) is 0 Å². The lowest BCUT2D eigenvalue weighted by Gasteiger charge is -2.30. The predicted octanol–water partition coefficient (Wildman–Crippen LogP) is 5.63. The fourth-order valence-corrected chi connectivity index (χ4v) is 5.84. The first-order valence-electron chi connectivity index (χ1n) is 11.9. The molecule has 1 saturated heterocycles. The highest BCUT2D eigenvalue weighted by Crippen LogP contribution is 2.29. The third-order valence-electron chi connectivity index (χ3n) is 6.78. The van der Waals surface area contributed by atoms with Crippen LogP contribution in [0.1, 0.15) is 71.1 Å². The van der Waals surface area contributed by atoms with E-state index in [0.29, 0.717) is 18.0 Å².